The Bertz CT molecular complexity index is 554. The van der Waals surface area contributed by atoms with Gasteiger partial charge in [0.2, 0.25) is 0 Å². The van der Waals surface area contributed by atoms with Gasteiger partial charge in [0.25, 0.3) is 0 Å². The first-order chi connectivity index (χ1) is 9.90. The summed E-state index contributed by atoms with van der Waals surface area (Å²) in [6.45, 7) is 3.60. The van der Waals surface area contributed by atoms with Crippen LogP contribution in [0, 0.1) is 11.8 Å². The fourth-order valence-electron chi connectivity index (χ4n) is 3.90. The average Bonchev–Trinajstić information content (AvgIpc) is 2.81. The van der Waals surface area contributed by atoms with Crippen molar-refractivity contribution in [3.8, 4) is 0 Å². The molecular formula is C15H18O6. The molecule has 1 N–H and O–H groups in total. The van der Waals surface area contributed by atoms with Gasteiger partial charge < -0.3 is 19.3 Å². The van der Waals surface area contributed by atoms with Crippen molar-refractivity contribution in [2.45, 2.75) is 56.7 Å². The van der Waals surface area contributed by atoms with Gasteiger partial charge in [-0.25, -0.2) is 4.79 Å². The molecular weight excluding hydrogens is 276 g/mol. The Kier molecular flexibility index (Phi) is 2.58. The predicted molar refractivity (Wildman–Crippen MR) is 69.0 cm³/mol. The maximum Gasteiger partial charge on any atom is 0.334 e. The fourth-order valence-corrected chi connectivity index (χ4v) is 3.90. The minimum absolute atomic E-state index is 0.164. The highest BCUT2D eigenvalue weighted by molar-refractivity contribution is 5.91. The molecule has 0 aromatic rings. The molecule has 7 unspecified atom stereocenters. The summed E-state index contributed by atoms with van der Waals surface area (Å²) in [5, 5.41) is 10.7. The third-order valence-electron chi connectivity index (χ3n) is 5.35. The molecule has 0 aromatic carbocycles. The van der Waals surface area contributed by atoms with Crippen LogP contribution in [0.4, 0.5) is 0 Å². The number of hydrogen-bond donors (Lipinski definition) is 1. The second-order valence-corrected chi connectivity index (χ2v) is 6.65. The molecule has 114 valence electrons. The minimum Gasteiger partial charge on any atom is -0.461 e. The molecule has 3 aliphatic heterocycles. The number of hydrogen-bond acceptors (Lipinski definition) is 6. The average molecular weight is 294 g/mol. The van der Waals surface area contributed by atoms with Crippen molar-refractivity contribution >= 4 is 11.9 Å². The lowest BCUT2D eigenvalue weighted by atomic mass is 9.77. The highest BCUT2D eigenvalue weighted by Gasteiger charge is 2.64. The van der Waals surface area contributed by atoms with E-state index in [1.54, 1.807) is 13.0 Å². The van der Waals surface area contributed by atoms with Gasteiger partial charge in [-0.05, 0) is 13.0 Å². The third-order valence-corrected chi connectivity index (χ3v) is 5.35. The summed E-state index contributed by atoms with van der Waals surface area (Å²) in [7, 11) is 0. The molecule has 1 aliphatic carbocycles. The van der Waals surface area contributed by atoms with Gasteiger partial charge in [-0.15, -0.1) is 0 Å². The standard InChI is InChI=1S/C15H18O6/c1-6-11-9(20-13(6)17)4-7-3-8(19-14(7)18)5-10-15(2,21-10)12(11)16/h3,6,8-12,16H,4-5H2,1-2H3. The second-order valence-electron chi connectivity index (χ2n) is 6.65. The summed E-state index contributed by atoms with van der Waals surface area (Å²) in [6.07, 6.45) is 0.884. The number of aliphatic hydroxyl groups is 1. The molecule has 7 atom stereocenters. The van der Waals surface area contributed by atoms with E-state index in [1.807, 2.05) is 6.92 Å². The number of fused-ring (bicyclic) bond motifs is 3. The topological polar surface area (TPSA) is 85.4 Å². The minimum atomic E-state index is -0.790. The Labute approximate surface area is 122 Å². The largest absolute Gasteiger partial charge is 0.461 e. The fraction of sp³-hybridized carbons (Fsp3) is 0.733. The van der Waals surface area contributed by atoms with Gasteiger partial charge in [-0.1, -0.05) is 6.92 Å². The molecule has 21 heavy (non-hydrogen) atoms. The van der Waals surface area contributed by atoms with Crippen LogP contribution in [0.25, 0.3) is 0 Å². The number of carbonyl (C=O) groups is 2. The first-order valence-electron chi connectivity index (χ1n) is 7.38. The molecule has 2 bridgehead atoms. The molecule has 2 saturated heterocycles. The summed E-state index contributed by atoms with van der Waals surface area (Å²) in [6, 6.07) is 0. The van der Waals surface area contributed by atoms with Gasteiger partial charge >= 0.3 is 11.9 Å². The number of epoxide rings is 1. The van der Waals surface area contributed by atoms with Crippen molar-refractivity contribution in [2.24, 2.45) is 11.8 Å². The van der Waals surface area contributed by atoms with E-state index in [0.717, 1.165) is 0 Å². The predicted octanol–water partition coefficient (Wildman–Crippen LogP) is 0.328. The summed E-state index contributed by atoms with van der Waals surface area (Å²) < 4.78 is 16.4. The van der Waals surface area contributed by atoms with Gasteiger partial charge in [0.1, 0.15) is 17.8 Å². The van der Waals surface area contributed by atoms with Crippen LogP contribution in [0.15, 0.2) is 11.6 Å². The van der Waals surface area contributed by atoms with E-state index in [1.165, 1.54) is 0 Å². The lowest BCUT2D eigenvalue weighted by molar-refractivity contribution is -0.145. The van der Waals surface area contributed by atoms with Crippen LogP contribution < -0.4 is 0 Å². The zero-order valence-corrected chi connectivity index (χ0v) is 11.9. The van der Waals surface area contributed by atoms with Crippen LogP contribution in [0.5, 0.6) is 0 Å². The van der Waals surface area contributed by atoms with E-state index in [4.69, 9.17) is 14.2 Å². The van der Waals surface area contributed by atoms with Crippen LogP contribution in [0.3, 0.4) is 0 Å². The zero-order valence-electron chi connectivity index (χ0n) is 11.9. The van der Waals surface area contributed by atoms with Crippen molar-refractivity contribution in [1.82, 2.24) is 0 Å². The molecule has 2 fully saturated rings. The van der Waals surface area contributed by atoms with Gasteiger partial charge in [0.15, 0.2) is 0 Å². The zero-order chi connectivity index (χ0) is 14.9. The molecule has 6 heteroatoms. The number of aliphatic hydroxyl groups excluding tert-OH is 1. The van der Waals surface area contributed by atoms with Gasteiger partial charge in [-0.3, -0.25) is 4.79 Å². The summed E-state index contributed by atoms with van der Waals surface area (Å²) in [5.41, 5.74) is -0.153. The van der Waals surface area contributed by atoms with Crippen molar-refractivity contribution in [2.75, 3.05) is 0 Å². The Morgan fingerprint density at radius 1 is 1.33 bits per heavy atom. The Hall–Kier alpha value is -1.40. The van der Waals surface area contributed by atoms with E-state index < -0.39 is 23.7 Å². The maximum absolute atomic E-state index is 11.9. The van der Waals surface area contributed by atoms with Gasteiger partial charge in [-0.2, -0.15) is 0 Å². The number of rotatable bonds is 0. The Morgan fingerprint density at radius 2 is 2.10 bits per heavy atom. The van der Waals surface area contributed by atoms with E-state index in [9.17, 15) is 14.7 Å². The Morgan fingerprint density at radius 3 is 2.86 bits per heavy atom. The molecule has 0 spiro atoms. The maximum atomic E-state index is 11.9. The first kappa shape index (κ1) is 13.3. The molecule has 6 nitrogen and oxygen atoms in total. The highest BCUT2D eigenvalue weighted by atomic mass is 16.6. The van der Waals surface area contributed by atoms with Gasteiger partial charge in [0.05, 0.1) is 18.1 Å². The van der Waals surface area contributed by atoms with Crippen LogP contribution in [0.1, 0.15) is 26.7 Å². The van der Waals surface area contributed by atoms with E-state index >= 15 is 0 Å². The number of carbonyl (C=O) groups excluding carboxylic acids is 2. The molecule has 0 saturated carbocycles. The quantitative estimate of drug-likeness (QED) is 0.512. The van der Waals surface area contributed by atoms with Crippen LogP contribution in [-0.2, 0) is 23.8 Å². The van der Waals surface area contributed by atoms with E-state index in [2.05, 4.69) is 0 Å². The van der Waals surface area contributed by atoms with Crippen LogP contribution in [-0.4, -0.2) is 47.1 Å². The third kappa shape index (κ3) is 1.78. The Balaban J connectivity index is 1.73. The summed E-state index contributed by atoms with van der Waals surface area (Å²) in [4.78, 5) is 23.8. The monoisotopic (exact) mass is 294 g/mol. The smallest absolute Gasteiger partial charge is 0.334 e. The molecule has 3 heterocycles. The van der Waals surface area contributed by atoms with E-state index in [-0.39, 0.29) is 30.1 Å². The molecule has 0 radical (unpaired) electrons. The van der Waals surface area contributed by atoms with Crippen LogP contribution in [0.2, 0.25) is 0 Å². The lowest BCUT2D eigenvalue weighted by Gasteiger charge is -2.28. The van der Waals surface area contributed by atoms with Gasteiger partial charge in [0, 0.05) is 24.3 Å². The van der Waals surface area contributed by atoms with Crippen molar-refractivity contribution < 1.29 is 28.9 Å². The first-order valence-corrected chi connectivity index (χ1v) is 7.38. The summed E-state index contributed by atoms with van der Waals surface area (Å²) in [5.74, 6) is -1.45. The molecule has 4 aliphatic rings. The normalized spacial score (nSPS) is 51.5. The van der Waals surface area contributed by atoms with E-state index in [0.29, 0.717) is 18.4 Å². The SMILES string of the molecule is CC1C(=O)OC2CC3=CC(CC4OC4(C)C(O)C21)OC3=O. The van der Waals surface area contributed by atoms with Crippen LogP contribution >= 0.6 is 0 Å². The van der Waals surface area contributed by atoms with Crippen molar-refractivity contribution in [1.29, 1.82) is 0 Å². The highest BCUT2D eigenvalue weighted by Crippen LogP contribution is 2.50. The van der Waals surface area contributed by atoms with Crippen molar-refractivity contribution in [3.05, 3.63) is 11.6 Å². The van der Waals surface area contributed by atoms with Crippen molar-refractivity contribution in [3.63, 3.8) is 0 Å². The number of esters is 2. The molecule has 4 rings (SSSR count). The summed E-state index contributed by atoms with van der Waals surface area (Å²) >= 11 is 0. The second kappa shape index (κ2) is 4.08. The lowest BCUT2D eigenvalue weighted by Crippen LogP contribution is -2.43. The molecule has 0 aromatic heterocycles. The number of ether oxygens (including phenoxy) is 3. The molecule has 0 amide bonds.